The van der Waals surface area contributed by atoms with Gasteiger partial charge in [0.1, 0.15) is 22.1 Å². The van der Waals surface area contributed by atoms with Gasteiger partial charge in [-0.25, -0.2) is 4.79 Å². The van der Waals surface area contributed by atoms with Gasteiger partial charge in [-0.15, -0.1) is 22.0 Å². The van der Waals surface area contributed by atoms with E-state index in [4.69, 9.17) is 0 Å². The summed E-state index contributed by atoms with van der Waals surface area (Å²) in [4.78, 5) is 38.1. The third kappa shape index (κ3) is 4.78. The Bertz CT molecular complexity index is 1040. The Labute approximate surface area is 196 Å². The lowest BCUT2D eigenvalue weighted by Crippen LogP contribution is -2.70. The molecule has 0 radical (unpaired) electrons. The fourth-order valence-corrected chi connectivity index (χ4v) is 8.29. The fourth-order valence-electron chi connectivity index (χ4n) is 3.08. The van der Waals surface area contributed by atoms with Gasteiger partial charge >= 0.3 is 5.97 Å². The predicted molar refractivity (Wildman–Crippen MR) is 121 cm³/mol. The van der Waals surface area contributed by atoms with Crippen molar-refractivity contribution >= 4 is 75.2 Å². The van der Waals surface area contributed by atoms with E-state index < -0.39 is 40.4 Å². The number of thioether (sulfide) groups is 2. The summed E-state index contributed by atoms with van der Waals surface area (Å²) in [5.41, 5.74) is 0.596. The van der Waals surface area contributed by atoms with Crippen molar-refractivity contribution in [1.82, 2.24) is 20.4 Å². The molecule has 0 aromatic carbocycles. The highest BCUT2D eigenvalue weighted by Crippen LogP contribution is 2.41. The van der Waals surface area contributed by atoms with Crippen LogP contribution in [0, 0.1) is 6.92 Å². The largest absolute Gasteiger partial charge is 0.610 e. The highest BCUT2D eigenvalue weighted by Gasteiger charge is 2.54. The van der Waals surface area contributed by atoms with E-state index in [1.54, 1.807) is 17.5 Å². The molecule has 31 heavy (non-hydrogen) atoms. The topological polar surface area (TPSA) is 136 Å². The molecule has 2 aliphatic rings. The van der Waals surface area contributed by atoms with Crippen molar-refractivity contribution in [3.05, 3.63) is 33.8 Å². The Kier molecular flexibility index (Phi) is 6.93. The van der Waals surface area contributed by atoms with E-state index in [1.165, 1.54) is 51.1 Å². The smallest absolute Gasteiger partial charge is 0.352 e. The Morgan fingerprint density at radius 1 is 1.45 bits per heavy atom. The van der Waals surface area contributed by atoms with Crippen LogP contribution < -0.4 is 5.32 Å². The number of hydrogen-bond donors (Lipinski definition) is 2. The Morgan fingerprint density at radius 2 is 2.26 bits per heavy atom. The molecule has 2 N–H and O–H groups in total. The number of thiophene rings is 1. The van der Waals surface area contributed by atoms with Crippen molar-refractivity contribution in [2.24, 2.45) is 0 Å². The Morgan fingerprint density at radius 3 is 2.90 bits per heavy atom. The predicted octanol–water partition coefficient (Wildman–Crippen LogP) is 1.55. The fraction of sp³-hybridized carbons (Fsp3) is 0.353. The Hall–Kier alpha value is -1.58. The molecular weight excluding hydrogens is 501 g/mol. The molecule has 1 saturated heterocycles. The molecule has 164 valence electrons. The van der Waals surface area contributed by atoms with Crippen LogP contribution in [0.4, 0.5) is 0 Å². The second-order valence-electron chi connectivity index (χ2n) is 6.51. The third-order valence-electron chi connectivity index (χ3n) is 4.43. The highest BCUT2D eigenvalue weighted by molar-refractivity contribution is 8.01. The maximum atomic E-state index is 12.7. The number of carbonyl (C=O) groups is 3. The van der Waals surface area contributed by atoms with Crippen molar-refractivity contribution in [2.45, 2.75) is 26.9 Å². The average molecular weight is 517 g/mol. The van der Waals surface area contributed by atoms with Gasteiger partial charge in [0.2, 0.25) is 4.21 Å². The molecule has 0 spiro atoms. The summed E-state index contributed by atoms with van der Waals surface area (Å²) in [5.74, 6) is -1.58. The molecule has 2 aromatic heterocycles. The summed E-state index contributed by atoms with van der Waals surface area (Å²) in [7, 11) is 0. The van der Waals surface area contributed by atoms with E-state index >= 15 is 0 Å². The van der Waals surface area contributed by atoms with Crippen LogP contribution in [0.3, 0.4) is 0 Å². The van der Waals surface area contributed by atoms with Crippen molar-refractivity contribution in [1.29, 1.82) is 0 Å². The summed E-state index contributed by atoms with van der Waals surface area (Å²) in [6, 6.07) is 2.62. The van der Waals surface area contributed by atoms with Crippen LogP contribution in [-0.2, 0) is 25.6 Å². The minimum absolute atomic E-state index is 0.0323. The van der Waals surface area contributed by atoms with E-state index in [0.717, 1.165) is 9.35 Å². The van der Waals surface area contributed by atoms with Crippen molar-refractivity contribution in [3.8, 4) is 0 Å². The number of nitrogens with zero attached hydrogens (tertiary/aromatic N) is 3. The number of rotatable bonds is 8. The van der Waals surface area contributed by atoms with Crippen LogP contribution in [0.25, 0.3) is 0 Å². The normalized spacial score (nSPS) is 21.5. The molecule has 2 amide bonds. The first-order valence-electron chi connectivity index (χ1n) is 8.89. The van der Waals surface area contributed by atoms with Gasteiger partial charge in [-0.2, -0.15) is 0 Å². The Balaban J connectivity index is 1.40. The summed E-state index contributed by atoms with van der Waals surface area (Å²) in [6.07, 6.45) is 0. The number of carbonyl (C=O) groups excluding carboxylic acids is 2. The van der Waals surface area contributed by atoms with Crippen LogP contribution in [0.2, 0.25) is 0 Å². The van der Waals surface area contributed by atoms with Crippen LogP contribution in [-0.4, -0.2) is 71.2 Å². The first-order chi connectivity index (χ1) is 14.8. The van der Waals surface area contributed by atoms with Gasteiger partial charge in [-0.1, -0.05) is 34.4 Å². The monoisotopic (exact) mass is 516 g/mol. The summed E-state index contributed by atoms with van der Waals surface area (Å²) in [5, 5.41) is 22.4. The molecule has 2 aliphatic heterocycles. The molecule has 4 heterocycles. The van der Waals surface area contributed by atoms with Crippen molar-refractivity contribution in [3.63, 3.8) is 0 Å². The third-order valence-corrected chi connectivity index (χ3v) is 10.4. The van der Waals surface area contributed by atoms with Gasteiger partial charge in [0.15, 0.2) is 10.1 Å². The zero-order chi connectivity index (χ0) is 22.1. The number of nitrogens with one attached hydrogen (secondary N) is 1. The zero-order valence-electron chi connectivity index (χ0n) is 16.0. The number of β-lactam (4-membered cyclic amide) rings is 1. The van der Waals surface area contributed by atoms with Crippen LogP contribution in [0.15, 0.2) is 37.3 Å². The number of aryl methyl sites for hydroxylation is 1. The van der Waals surface area contributed by atoms with E-state index in [1.807, 2.05) is 6.92 Å². The lowest BCUT2D eigenvalue weighted by molar-refractivity contribution is -0.150. The first-order valence-corrected chi connectivity index (χ1v) is 13.9. The van der Waals surface area contributed by atoms with E-state index in [2.05, 4.69) is 15.5 Å². The zero-order valence-corrected chi connectivity index (χ0v) is 20.1. The minimum Gasteiger partial charge on any atom is -0.610 e. The molecule has 2 unspecified atom stereocenters. The van der Waals surface area contributed by atoms with Gasteiger partial charge in [0, 0.05) is 28.7 Å². The second-order valence-corrected chi connectivity index (χ2v) is 12.6. The molecule has 0 bridgehead atoms. The number of amides is 2. The maximum absolute atomic E-state index is 12.7. The maximum Gasteiger partial charge on any atom is 0.352 e. The minimum atomic E-state index is -1.48. The van der Waals surface area contributed by atoms with Gasteiger partial charge in [0.05, 0.1) is 0 Å². The van der Waals surface area contributed by atoms with Gasteiger partial charge in [0.25, 0.3) is 11.8 Å². The number of hydrogen-bond acceptors (Lipinski definition) is 10. The number of aliphatic carboxylic acids is 1. The summed E-state index contributed by atoms with van der Waals surface area (Å²) < 4.78 is 13.5. The standard InChI is InChI=1S/C17H16N4O5S5/c1-8-19-20-17(30-8)29-6-9-5-28-15-12(14(23)21(15)13(9)16(24)25)18-10(22)7-31(26)11-3-2-4-27-11/h2-4,12,15H,5-7H2,1H3,(H,18,22)(H,24,25)/t12?,15-,31?/m0/s1. The van der Waals surface area contributed by atoms with Gasteiger partial charge < -0.3 is 15.0 Å². The van der Waals surface area contributed by atoms with E-state index in [9.17, 15) is 24.0 Å². The molecular formula is C17H16N4O5S5. The molecule has 14 heteroatoms. The van der Waals surface area contributed by atoms with Crippen molar-refractivity contribution < 1.29 is 24.0 Å². The van der Waals surface area contributed by atoms with Crippen LogP contribution in [0.5, 0.6) is 0 Å². The summed E-state index contributed by atoms with van der Waals surface area (Å²) in [6.45, 7) is 1.84. The van der Waals surface area contributed by atoms with Gasteiger partial charge in [-0.05, 0) is 23.9 Å². The molecule has 2 aromatic rings. The molecule has 3 atom stereocenters. The number of aromatic nitrogens is 2. The van der Waals surface area contributed by atoms with Crippen LogP contribution in [0.1, 0.15) is 5.01 Å². The lowest BCUT2D eigenvalue weighted by atomic mass is 10.0. The molecule has 1 fully saturated rings. The van der Waals surface area contributed by atoms with Crippen LogP contribution >= 0.6 is 46.2 Å². The lowest BCUT2D eigenvalue weighted by Gasteiger charge is -2.49. The van der Waals surface area contributed by atoms with Crippen molar-refractivity contribution in [2.75, 3.05) is 17.3 Å². The quantitative estimate of drug-likeness (QED) is 0.304. The van der Waals surface area contributed by atoms with Gasteiger partial charge in [-0.3, -0.25) is 14.5 Å². The molecule has 4 rings (SSSR count). The summed E-state index contributed by atoms with van der Waals surface area (Å²) >= 11 is 4.03. The van der Waals surface area contributed by atoms with E-state index in [-0.39, 0.29) is 11.4 Å². The van der Waals surface area contributed by atoms with E-state index in [0.29, 0.717) is 21.3 Å². The molecule has 0 aliphatic carbocycles. The average Bonchev–Trinajstić information content (AvgIpc) is 3.41. The second kappa shape index (κ2) is 9.50. The number of carboxylic acid groups (broad SMARTS) is 1. The SMILES string of the molecule is Cc1nnc(SCC2=C(C(=O)O)N3C(=O)C(NC(=O)C[S+]([O-])c4cccs4)[C@@H]3SC2)s1. The molecule has 0 saturated carbocycles. The number of carboxylic acids is 1. The highest BCUT2D eigenvalue weighted by atomic mass is 32.2. The number of fused-ring (bicyclic) bond motifs is 1. The first kappa shape index (κ1) is 22.6. The molecule has 9 nitrogen and oxygen atoms in total.